The quantitative estimate of drug-likeness (QED) is 0.851. The van der Waals surface area contributed by atoms with E-state index in [9.17, 15) is 4.79 Å². The normalized spacial score (nSPS) is 10.6. The summed E-state index contributed by atoms with van der Waals surface area (Å²) in [5.74, 6) is -0.112. The van der Waals surface area contributed by atoms with Crippen LogP contribution in [0.2, 0.25) is 5.02 Å². The average molecular weight is 293 g/mol. The predicted octanol–water partition coefficient (Wildman–Crippen LogP) is 2.79. The molecule has 0 radical (unpaired) electrons. The number of hydrogen-bond donors (Lipinski definition) is 0. The van der Waals surface area contributed by atoms with Crippen LogP contribution in [0.5, 0.6) is 0 Å². The van der Waals surface area contributed by atoms with Crippen molar-refractivity contribution in [3.05, 3.63) is 41.2 Å². The molecule has 0 bridgehead atoms. The monoisotopic (exact) mass is 292 g/mol. The zero-order chi connectivity index (χ0) is 14.5. The Bertz CT molecular complexity index is 579. The molecule has 0 N–H and O–H groups in total. The van der Waals surface area contributed by atoms with Crippen LogP contribution in [0, 0.1) is 0 Å². The maximum Gasteiger partial charge on any atom is 0.275 e. The van der Waals surface area contributed by atoms with Crippen molar-refractivity contribution >= 4 is 17.5 Å². The van der Waals surface area contributed by atoms with E-state index < -0.39 is 0 Å². The first-order chi connectivity index (χ1) is 9.61. The summed E-state index contributed by atoms with van der Waals surface area (Å²) >= 11 is 5.84. The summed E-state index contributed by atoms with van der Waals surface area (Å²) in [6.07, 6.45) is 3.66. The van der Waals surface area contributed by atoms with E-state index in [-0.39, 0.29) is 5.91 Å². The summed E-state index contributed by atoms with van der Waals surface area (Å²) in [4.78, 5) is 13.8. The molecular formula is C14H17ClN4O. The highest BCUT2D eigenvalue weighted by atomic mass is 35.5. The molecule has 106 valence electrons. The number of hydrogen-bond acceptors (Lipinski definition) is 3. The summed E-state index contributed by atoms with van der Waals surface area (Å²) < 4.78 is 1.57. The second kappa shape index (κ2) is 6.52. The molecule has 1 aromatic carbocycles. The Morgan fingerprint density at radius 1 is 1.35 bits per heavy atom. The smallest absolute Gasteiger partial charge is 0.275 e. The van der Waals surface area contributed by atoms with Crippen LogP contribution in [0.25, 0.3) is 5.69 Å². The van der Waals surface area contributed by atoms with Gasteiger partial charge < -0.3 is 4.90 Å². The van der Waals surface area contributed by atoms with E-state index in [0.717, 1.165) is 25.1 Å². The van der Waals surface area contributed by atoms with Gasteiger partial charge >= 0.3 is 0 Å². The van der Waals surface area contributed by atoms with Crippen LogP contribution in [-0.4, -0.2) is 39.4 Å². The lowest BCUT2D eigenvalue weighted by molar-refractivity contribution is 0.0787. The molecule has 1 aromatic heterocycles. The summed E-state index contributed by atoms with van der Waals surface area (Å²) in [7, 11) is 1.78. The second-order valence-corrected chi connectivity index (χ2v) is 5.04. The van der Waals surface area contributed by atoms with Gasteiger partial charge in [-0.2, -0.15) is 0 Å². The van der Waals surface area contributed by atoms with Gasteiger partial charge in [-0.3, -0.25) is 4.79 Å². The van der Waals surface area contributed by atoms with E-state index in [1.807, 2.05) is 12.1 Å². The first kappa shape index (κ1) is 14.5. The molecule has 0 fully saturated rings. The van der Waals surface area contributed by atoms with Crippen molar-refractivity contribution in [1.82, 2.24) is 19.9 Å². The van der Waals surface area contributed by atoms with Gasteiger partial charge in [-0.25, -0.2) is 4.68 Å². The Morgan fingerprint density at radius 2 is 2.05 bits per heavy atom. The largest absolute Gasteiger partial charge is 0.340 e. The highest BCUT2D eigenvalue weighted by Crippen LogP contribution is 2.13. The number of carbonyl (C=O) groups is 1. The lowest BCUT2D eigenvalue weighted by atomic mass is 10.3. The van der Waals surface area contributed by atoms with Gasteiger partial charge in [0.15, 0.2) is 5.69 Å². The molecule has 0 spiro atoms. The molecule has 2 rings (SSSR count). The predicted molar refractivity (Wildman–Crippen MR) is 78.2 cm³/mol. The number of amides is 1. The molecule has 0 atom stereocenters. The van der Waals surface area contributed by atoms with Crippen LogP contribution in [0.1, 0.15) is 30.3 Å². The highest BCUT2D eigenvalue weighted by Gasteiger charge is 2.15. The van der Waals surface area contributed by atoms with Gasteiger partial charge in [-0.15, -0.1) is 5.10 Å². The van der Waals surface area contributed by atoms with Gasteiger partial charge in [0.2, 0.25) is 0 Å². The lowest BCUT2D eigenvalue weighted by Gasteiger charge is -2.14. The zero-order valence-electron chi connectivity index (χ0n) is 11.6. The Hall–Kier alpha value is -1.88. The Kier molecular flexibility index (Phi) is 4.74. The van der Waals surface area contributed by atoms with E-state index >= 15 is 0 Å². The van der Waals surface area contributed by atoms with Crippen LogP contribution >= 0.6 is 11.6 Å². The van der Waals surface area contributed by atoms with Gasteiger partial charge in [-0.1, -0.05) is 30.2 Å². The maximum atomic E-state index is 12.1. The van der Waals surface area contributed by atoms with Gasteiger partial charge in [-0.05, 0) is 30.7 Å². The Balaban J connectivity index is 2.12. The van der Waals surface area contributed by atoms with E-state index in [0.29, 0.717) is 10.7 Å². The Labute approximate surface area is 123 Å². The van der Waals surface area contributed by atoms with Crippen LogP contribution in [0.3, 0.4) is 0 Å². The highest BCUT2D eigenvalue weighted by molar-refractivity contribution is 6.30. The third-order valence-electron chi connectivity index (χ3n) is 3.00. The van der Waals surface area contributed by atoms with Gasteiger partial charge in [0, 0.05) is 18.6 Å². The zero-order valence-corrected chi connectivity index (χ0v) is 12.3. The lowest BCUT2D eigenvalue weighted by Crippen LogP contribution is -2.27. The molecule has 6 heteroatoms. The number of halogens is 1. The standard InChI is InChI=1S/C14H17ClN4O/c1-3-4-9-18(2)14(20)13-10-19(17-16-13)12-7-5-11(15)6-8-12/h5-8,10H,3-4,9H2,1-2H3. The van der Waals surface area contributed by atoms with Crippen LogP contribution in [0.4, 0.5) is 0 Å². The van der Waals surface area contributed by atoms with Crippen LogP contribution in [0.15, 0.2) is 30.5 Å². The number of nitrogens with zero attached hydrogens (tertiary/aromatic N) is 4. The maximum absolute atomic E-state index is 12.1. The average Bonchev–Trinajstić information content (AvgIpc) is 2.94. The summed E-state index contributed by atoms with van der Waals surface area (Å²) in [6.45, 7) is 2.82. The third-order valence-corrected chi connectivity index (χ3v) is 3.25. The molecule has 0 saturated carbocycles. The van der Waals surface area contributed by atoms with Crippen molar-refractivity contribution in [2.45, 2.75) is 19.8 Å². The molecule has 1 amide bonds. The number of rotatable bonds is 5. The summed E-state index contributed by atoms with van der Waals surface area (Å²) in [5.41, 5.74) is 1.16. The van der Waals surface area contributed by atoms with Crippen molar-refractivity contribution < 1.29 is 4.79 Å². The number of aromatic nitrogens is 3. The van der Waals surface area contributed by atoms with Crippen molar-refractivity contribution in [3.8, 4) is 5.69 Å². The molecular weight excluding hydrogens is 276 g/mol. The van der Waals surface area contributed by atoms with Crippen LogP contribution < -0.4 is 0 Å². The van der Waals surface area contributed by atoms with Crippen molar-refractivity contribution in [3.63, 3.8) is 0 Å². The summed E-state index contributed by atoms with van der Waals surface area (Å²) in [6, 6.07) is 7.19. The minimum Gasteiger partial charge on any atom is -0.340 e. The molecule has 0 aliphatic heterocycles. The number of carbonyl (C=O) groups excluding carboxylic acids is 1. The number of benzene rings is 1. The molecule has 2 aromatic rings. The van der Waals surface area contributed by atoms with Crippen LogP contribution in [-0.2, 0) is 0 Å². The molecule has 0 saturated heterocycles. The fraction of sp³-hybridized carbons (Fsp3) is 0.357. The first-order valence-corrected chi connectivity index (χ1v) is 6.93. The molecule has 5 nitrogen and oxygen atoms in total. The molecule has 20 heavy (non-hydrogen) atoms. The number of unbranched alkanes of at least 4 members (excludes halogenated alkanes) is 1. The Morgan fingerprint density at radius 3 is 2.70 bits per heavy atom. The van der Waals surface area contributed by atoms with Crippen molar-refractivity contribution in [2.75, 3.05) is 13.6 Å². The van der Waals surface area contributed by atoms with Gasteiger partial charge in [0.25, 0.3) is 5.91 Å². The van der Waals surface area contributed by atoms with Crippen molar-refractivity contribution in [2.24, 2.45) is 0 Å². The van der Waals surface area contributed by atoms with Gasteiger partial charge in [0.1, 0.15) is 0 Å². The minimum absolute atomic E-state index is 0.112. The summed E-state index contributed by atoms with van der Waals surface area (Å²) in [5, 5.41) is 8.57. The molecule has 0 unspecified atom stereocenters. The molecule has 0 aliphatic rings. The fourth-order valence-electron chi connectivity index (χ4n) is 1.77. The van der Waals surface area contributed by atoms with E-state index in [1.54, 1.807) is 35.0 Å². The topological polar surface area (TPSA) is 51.0 Å². The minimum atomic E-state index is -0.112. The van der Waals surface area contributed by atoms with Gasteiger partial charge in [0.05, 0.1) is 11.9 Å². The molecule has 1 heterocycles. The second-order valence-electron chi connectivity index (χ2n) is 4.61. The molecule has 0 aliphatic carbocycles. The van der Waals surface area contributed by atoms with E-state index in [4.69, 9.17) is 11.6 Å². The van der Waals surface area contributed by atoms with E-state index in [2.05, 4.69) is 17.2 Å². The van der Waals surface area contributed by atoms with E-state index in [1.165, 1.54) is 0 Å². The first-order valence-electron chi connectivity index (χ1n) is 6.55. The third kappa shape index (κ3) is 3.36. The SMILES string of the molecule is CCCCN(C)C(=O)c1cn(-c2ccc(Cl)cc2)nn1. The fourth-order valence-corrected chi connectivity index (χ4v) is 1.90. The van der Waals surface area contributed by atoms with Crippen molar-refractivity contribution in [1.29, 1.82) is 0 Å².